The van der Waals surface area contributed by atoms with Crippen LogP contribution in [0.3, 0.4) is 0 Å². The van der Waals surface area contributed by atoms with Crippen LogP contribution in [0, 0.1) is 5.92 Å². The van der Waals surface area contributed by atoms with E-state index in [4.69, 9.17) is 4.74 Å². The minimum atomic E-state index is -0.373. The molecule has 0 spiro atoms. The molecule has 0 radical (unpaired) electrons. The van der Waals surface area contributed by atoms with Crippen molar-refractivity contribution in [2.45, 2.75) is 70.3 Å². The lowest BCUT2D eigenvalue weighted by molar-refractivity contribution is 0.0336. The molecule has 1 aliphatic carbocycles. The Morgan fingerprint density at radius 2 is 2.15 bits per heavy atom. The van der Waals surface area contributed by atoms with Gasteiger partial charge in [-0.2, -0.15) is 11.8 Å². The highest BCUT2D eigenvalue weighted by Gasteiger charge is 2.26. The molecule has 1 rings (SSSR count). The first-order valence-corrected chi connectivity index (χ1v) is 9.29. The van der Waals surface area contributed by atoms with Gasteiger partial charge in [-0.1, -0.05) is 27.2 Å². The summed E-state index contributed by atoms with van der Waals surface area (Å²) in [5.74, 6) is 1.92. The fourth-order valence-corrected chi connectivity index (χ4v) is 3.96. The van der Waals surface area contributed by atoms with Gasteiger partial charge in [0.2, 0.25) is 0 Å². The summed E-state index contributed by atoms with van der Waals surface area (Å²) in [5, 5.41) is 14.2. The Balaban J connectivity index is 2.03. The molecule has 0 amide bonds. The standard InChI is InChI=1S/C16H33NO2S/c1-4-20-16-9-5-8-15(16)17-11-14(18)12-19-10-6-7-13(2)3/h13-18H,4-12H2,1-3H3. The summed E-state index contributed by atoms with van der Waals surface area (Å²) < 4.78 is 5.54. The quantitative estimate of drug-likeness (QED) is 0.576. The summed E-state index contributed by atoms with van der Waals surface area (Å²) in [6, 6.07) is 0.579. The van der Waals surface area contributed by atoms with E-state index in [-0.39, 0.29) is 6.10 Å². The molecule has 1 fully saturated rings. The van der Waals surface area contributed by atoms with E-state index in [1.165, 1.54) is 31.4 Å². The molecule has 0 aromatic rings. The van der Waals surface area contributed by atoms with E-state index in [9.17, 15) is 5.11 Å². The molecule has 0 aliphatic heterocycles. The molecular weight excluding hydrogens is 270 g/mol. The summed E-state index contributed by atoms with van der Waals surface area (Å²) in [4.78, 5) is 0. The molecule has 20 heavy (non-hydrogen) atoms. The molecule has 2 N–H and O–H groups in total. The second-order valence-corrected chi connectivity index (χ2v) is 7.72. The third-order valence-corrected chi connectivity index (χ3v) is 5.16. The van der Waals surface area contributed by atoms with Crippen LogP contribution in [0.5, 0.6) is 0 Å². The van der Waals surface area contributed by atoms with E-state index in [1.807, 2.05) is 0 Å². The minimum absolute atomic E-state index is 0.373. The highest BCUT2D eigenvalue weighted by molar-refractivity contribution is 7.99. The SMILES string of the molecule is CCSC1CCCC1NCC(O)COCCCC(C)C. The predicted molar refractivity (Wildman–Crippen MR) is 88.5 cm³/mol. The normalized spacial score (nSPS) is 24.4. The number of hydrogen-bond donors (Lipinski definition) is 2. The van der Waals surface area contributed by atoms with Crippen LogP contribution in [-0.4, -0.2) is 48.0 Å². The number of rotatable bonds is 11. The second kappa shape index (κ2) is 10.9. The van der Waals surface area contributed by atoms with Crippen LogP contribution in [0.1, 0.15) is 52.9 Å². The van der Waals surface area contributed by atoms with E-state index >= 15 is 0 Å². The van der Waals surface area contributed by atoms with Gasteiger partial charge in [-0.05, 0) is 37.4 Å². The maximum atomic E-state index is 9.94. The second-order valence-electron chi connectivity index (χ2n) is 6.20. The number of aliphatic hydroxyl groups is 1. The van der Waals surface area contributed by atoms with E-state index < -0.39 is 0 Å². The first-order chi connectivity index (χ1) is 9.63. The summed E-state index contributed by atoms with van der Waals surface area (Å²) in [6.07, 6.45) is 5.80. The van der Waals surface area contributed by atoms with Crippen molar-refractivity contribution in [1.29, 1.82) is 0 Å². The molecule has 1 aliphatic rings. The summed E-state index contributed by atoms with van der Waals surface area (Å²) >= 11 is 2.05. The lowest BCUT2D eigenvalue weighted by Crippen LogP contribution is -2.40. The van der Waals surface area contributed by atoms with Crippen molar-refractivity contribution in [3.63, 3.8) is 0 Å². The van der Waals surface area contributed by atoms with E-state index in [2.05, 4.69) is 37.8 Å². The first-order valence-electron chi connectivity index (χ1n) is 8.24. The molecule has 120 valence electrons. The van der Waals surface area contributed by atoms with E-state index in [1.54, 1.807) is 0 Å². The summed E-state index contributed by atoms with van der Waals surface area (Å²) in [5.41, 5.74) is 0. The molecule has 0 heterocycles. The zero-order chi connectivity index (χ0) is 14.8. The maximum Gasteiger partial charge on any atom is 0.0897 e. The van der Waals surface area contributed by atoms with Gasteiger partial charge >= 0.3 is 0 Å². The molecule has 0 bridgehead atoms. The molecule has 0 saturated heterocycles. The van der Waals surface area contributed by atoms with Crippen molar-refractivity contribution in [1.82, 2.24) is 5.32 Å². The molecule has 3 unspecified atom stereocenters. The van der Waals surface area contributed by atoms with Crippen LogP contribution in [-0.2, 0) is 4.74 Å². The van der Waals surface area contributed by atoms with Gasteiger partial charge in [0, 0.05) is 24.4 Å². The van der Waals surface area contributed by atoms with Gasteiger partial charge in [0.25, 0.3) is 0 Å². The van der Waals surface area contributed by atoms with Gasteiger partial charge in [0.05, 0.1) is 12.7 Å². The Labute approximate surface area is 129 Å². The van der Waals surface area contributed by atoms with E-state index in [0.717, 1.165) is 24.2 Å². The highest BCUT2D eigenvalue weighted by atomic mass is 32.2. The van der Waals surface area contributed by atoms with Crippen molar-refractivity contribution in [3.8, 4) is 0 Å². The Bertz CT molecular complexity index is 239. The average molecular weight is 304 g/mol. The Kier molecular flexibility index (Phi) is 9.95. The van der Waals surface area contributed by atoms with Crippen LogP contribution in [0.25, 0.3) is 0 Å². The van der Waals surface area contributed by atoms with Crippen molar-refractivity contribution >= 4 is 11.8 Å². The van der Waals surface area contributed by atoms with Crippen LogP contribution >= 0.6 is 11.8 Å². The summed E-state index contributed by atoms with van der Waals surface area (Å²) in [6.45, 7) is 8.57. The van der Waals surface area contributed by atoms with Crippen molar-refractivity contribution < 1.29 is 9.84 Å². The third-order valence-electron chi connectivity index (χ3n) is 3.83. The molecule has 3 nitrogen and oxygen atoms in total. The largest absolute Gasteiger partial charge is 0.389 e. The van der Waals surface area contributed by atoms with Gasteiger partial charge in [0.15, 0.2) is 0 Å². The molecule has 3 atom stereocenters. The van der Waals surface area contributed by atoms with Crippen LogP contribution in [0.15, 0.2) is 0 Å². The molecular formula is C16H33NO2S. The van der Waals surface area contributed by atoms with Gasteiger partial charge < -0.3 is 15.2 Å². The number of hydrogen-bond acceptors (Lipinski definition) is 4. The number of ether oxygens (including phenoxy) is 1. The van der Waals surface area contributed by atoms with Gasteiger partial charge in [-0.15, -0.1) is 0 Å². The number of thioether (sulfide) groups is 1. The van der Waals surface area contributed by atoms with Gasteiger partial charge in [0.1, 0.15) is 0 Å². The first kappa shape index (κ1) is 18.3. The smallest absolute Gasteiger partial charge is 0.0897 e. The van der Waals surface area contributed by atoms with Crippen LogP contribution in [0.2, 0.25) is 0 Å². The Morgan fingerprint density at radius 3 is 2.85 bits per heavy atom. The summed E-state index contributed by atoms with van der Waals surface area (Å²) in [7, 11) is 0. The molecule has 0 aromatic carbocycles. The minimum Gasteiger partial charge on any atom is -0.389 e. The number of aliphatic hydroxyl groups excluding tert-OH is 1. The predicted octanol–water partition coefficient (Wildman–Crippen LogP) is 3.06. The van der Waals surface area contributed by atoms with Crippen LogP contribution < -0.4 is 5.32 Å². The topological polar surface area (TPSA) is 41.5 Å². The monoisotopic (exact) mass is 303 g/mol. The Morgan fingerprint density at radius 1 is 1.35 bits per heavy atom. The fourth-order valence-electron chi connectivity index (χ4n) is 2.73. The van der Waals surface area contributed by atoms with Crippen molar-refractivity contribution in [2.75, 3.05) is 25.5 Å². The molecule has 1 saturated carbocycles. The van der Waals surface area contributed by atoms with Crippen LogP contribution in [0.4, 0.5) is 0 Å². The van der Waals surface area contributed by atoms with E-state index in [0.29, 0.717) is 19.2 Å². The highest BCUT2D eigenvalue weighted by Crippen LogP contribution is 2.29. The Hall–Kier alpha value is 0.230. The number of nitrogens with one attached hydrogen (secondary N) is 1. The maximum absolute atomic E-state index is 9.94. The average Bonchev–Trinajstić information content (AvgIpc) is 2.83. The lowest BCUT2D eigenvalue weighted by atomic mass is 10.1. The third kappa shape index (κ3) is 7.87. The molecule has 4 heteroatoms. The van der Waals surface area contributed by atoms with Gasteiger partial charge in [-0.3, -0.25) is 0 Å². The van der Waals surface area contributed by atoms with Gasteiger partial charge in [-0.25, -0.2) is 0 Å². The fraction of sp³-hybridized carbons (Fsp3) is 1.00. The molecule has 0 aromatic heterocycles. The van der Waals surface area contributed by atoms with Crippen molar-refractivity contribution in [3.05, 3.63) is 0 Å². The van der Waals surface area contributed by atoms with Crippen molar-refractivity contribution in [2.24, 2.45) is 5.92 Å². The lowest BCUT2D eigenvalue weighted by Gasteiger charge is -2.22. The zero-order valence-corrected chi connectivity index (χ0v) is 14.3. The zero-order valence-electron chi connectivity index (χ0n) is 13.4.